The Kier molecular flexibility index (Phi) is 6.18. The van der Waals surface area contributed by atoms with Crippen LogP contribution < -0.4 is 5.32 Å². The number of ether oxygens (including phenoxy) is 1. The third kappa shape index (κ3) is 4.97. The molecule has 2 saturated heterocycles. The van der Waals surface area contributed by atoms with Crippen molar-refractivity contribution in [2.24, 2.45) is 18.0 Å². The zero-order chi connectivity index (χ0) is 18.6. The third-order valence-corrected chi connectivity index (χ3v) is 6.66. The van der Waals surface area contributed by atoms with Crippen molar-refractivity contribution in [2.45, 2.75) is 25.9 Å². The molecule has 8 nitrogen and oxygen atoms in total. The highest BCUT2D eigenvalue weighted by molar-refractivity contribution is 7.91. The number of nitrogens with zero attached hydrogens (tertiary/aromatic N) is 4. The van der Waals surface area contributed by atoms with Gasteiger partial charge in [0.2, 0.25) is 0 Å². The van der Waals surface area contributed by atoms with E-state index in [0.29, 0.717) is 31.9 Å². The van der Waals surface area contributed by atoms with Gasteiger partial charge in [-0.25, -0.2) is 8.42 Å². The van der Waals surface area contributed by atoms with Gasteiger partial charge >= 0.3 is 0 Å². The molecule has 0 aromatic carbocycles. The van der Waals surface area contributed by atoms with Crippen molar-refractivity contribution in [1.82, 2.24) is 20.0 Å². The fourth-order valence-corrected chi connectivity index (χ4v) is 5.24. The average Bonchev–Trinajstić information content (AvgIpc) is 3.20. The van der Waals surface area contributed by atoms with Crippen LogP contribution in [0, 0.1) is 5.92 Å². The summed E-state index contributed by atoms with van der Waals surface area (Å²) in [4.78, 5) is 6.97. The van der Waals surface area contributed by atoms with Crippen LogP contribution in [0.15, 0.2) is 17.4 Å². The van der Waals surface area contributed by atoms with Gasteiger partial charge in [0.05, 0.1) is 30.9 Å². The molecule has 3 rings (SSSR count). The van der Waals surface area contributed by atoms with Crippen LogP contribution in [0.3, 0.4) is 0 Å². The van der Waals surface area contributed by atoms with Gasteiger partial charge in [0.1, 0.15) is 6.10 Å². The van der Waals surface area contributed by atoms with Crippen molar-refractivity contribution in [3.05, 3.63) is 18.0 Å². The molecule has 2 aliphatic rings. The van der Waals surface area contributed by atoms with E-state index in [-0.39, 0.29) is 17.8 Å². The van der Waals surface area contributed by atoms with Crippen LogP contribution in [0.2, 0.25) is 0 Å². The number of rotatable bonds is 5. The number of aliphatic imine (C=N–C) groups is 1. The quantitative estimate of drug-likeness (QED) is 0.591. The van der Waals surface area contributed by atoms with E-state index in [0.717, 1.165) is 31.0 Å². The summed E-state index contributed by atoms with van der Waals surface area (Å²) in [6.07, 6.45) is 5.52. The maximum atomic E-state index is 11.7. The number of aromatic nitrogens is 2. The molecule has 1 aromatic heterocycles. The Hall–Kier alpha value is -1.61. The van der Waals surface area contributed by atoms with Crippen LogP contribution in [-0.4, -0.2) is 73.3 Å². The fraction of sp³-hybridized carbons (Fsp3) is 0.765. The second-order valence-electron chi connectivity index (χ2n) is 7.11. The standard InChI is InChI=1S/C17H29N5O3S/c1-3-5-18-17(19-9-14-4-8-26(23,24)13-14)22-6-7-25-16(12-22)15-10-20-21(2)11-15/h10-11,14,16H,3-9,12-13H2,1-2H3,(H,18,19). The van der Waals surface area contributed by atoms with Crippen LogP contribution in [0.5, 0.6) is 0 Å². The van der Waals surface area contributed by atoms with Crippen molar-refractivity contribution in [3.8, 4) is 0 Å². The summed E-state index contributed by atoms with van der Waals surface area (Å²) in [7, 11) is -0.962. The smallest absolute Gasteiger partial charge is 0.194 e. The van der Waals surface area contributed by atoms with E-state index in [9.17, 15) is 8.42 Å². The lowest BCUT2D eigenvalue weighted by molar-refractivity contribution is -0.00808. The molecule has 9 heteroatoms. The van der Waals surface area contributed by atoms with Crippen LogP contribution in [0.25, 0.3) is 0 Å². The zero-order valence-corrected chi connectivity index (χ0v) is 16.4. The van der Waals surface area contributed by atoms with E-state index in [4.69, 9.17) is 9.73 Å². The lowest BCUT2D eigenvalue weighted by atomic mass is 10.1. The van der Waals surface area contributed by atoms with Crippen LogP contribution in [0.4, 0.5) is 0 Å². The summed E-state index contributed by atoms with van der Waals surface area (Å²) < 4.78 is 31.0. The highest BCUT2D eigenvalue weighted by Crippen LogP contribution is 2.22. The SMILES string of the molecule is CCCNC(=NCC1CCS(=O)(=O)C1)N1CCOC(c2cnn(C)c2)C1. The largest absolute Gasteiger partial charge is 0.370 e. The molecule has 146 valence electrons. The molecule has 0 spiro atoms. The summed E-state index contributed by atoms with van der Waals surface area (Å²) in [5, 5.41) is 7.64. The van der Waals surface area contributed by atoms with Crippen molar-refractivity contribution in [2.75, 3.05) is 44.3 Å². The monoisotopic (exact) mass is 383 g/mol. The van der Waals surface area contributed by atoms with Gasteiger partial charge in [0.25, 0.3) is 0 Å². The first-order valence-corrected chi connectivity index (χ1v) is 11.1. The van der Waals surface area contributed by atoms with Crippen LogP contribution in [0.1, 0.15) is 31.4 Å². The normalized spacial score (nSPS) is 26.2. The number of morpholine rings is 1. The molecule has 1 N–H and O–H groups in total. The Balaban J connectivity index is 1.66. The maximum Gasteiger partial charge on any atom is 0.194 e. The minimum absolute atomic E-state index is 0.0297. The van der Waals surface area contributed by atoms with Crippen molar-refractivity contribution in [3.63, 3.8) is 0 Å². The molecule has 0 saturated carbocycles. The van der Waals surface area contributed by atoms with Crippen molar-refractivity contribution >= 4 is 15.8 Å². The molecule has 2 aliphatic heterocycles. The van der Waals surface area contributed by atoms with Crippen molar-refractivity contribution in [1.29, 1.82) is 0 Å². The predicted molar refractivity (Wildman–Crippen MR) is 101 cm³/mol. The van der Waals surface area contributed by atoms with Gasteiger partial charge in [0.15, 0.2) is 15.8 Å². The second kappa shape index (κ2) is 8.39. The molecule has 0 aliphatic carbocycles. The Bertz CT molecular complexity index is 731. The molecule has 0 radical (unpaired) electrons. The number of nitrogens with one attached hydrogen (secondary N) is 1. The van der Waals surface area contributed by atoms with Gasteiger partial charge in [-0.1, -0.05) is 6.92 Å². The lowest BCUT2D eigenvalue weighted by Crippen LogP contribution is -2.48. The molecule has 2 fully saturated rings. The predicted octanol–water partition coefficient (Wildman–Crippen LogP) is 0.584. The summed E-state index contributed by atoms with van der Waals surface area (Å²) in [5.74, 6) is 1.55. The van der Waals surface area contributed by atoms with Gasteiger partial charge in [0, 0.05) is 38.4 Å². The molecule has 3 heterocycles. The Morgan fingerprint density at radius 3 is 3.00 bits per heavy atom. The molecule has 26 heavy (non-hydrogen) atoms. The lowest BCUT2D eigenvalue weighted by Gasteiger charge is -2.35. The van der Waals surface area contributed by atoms with Gasteiger partial charge in [-0.2, -0.15) is 5.10 Å². The molecule has 0 bridgehead atoms. The van der Waals surface area contributed by atoms with E-state index in [2.05, 4.69) is 22.2 Å². The number of hydrogen-bond donors (Lipinski definition) is 1. The van der Waals surface area contributed by atoms with E-state index in [1.807, 2.05) is 19.4 Å². The average molecular weight is 384 g/mol. The molecule has 0 amide bonds. The van der Waals surface area contributed by atoms with Crippen LogP contribution in [-0.2, 0) is 21.6 Å². The van der Waals surface area contributed by atoms with Gasteiger partial charge in [-0.05, 0) is 18.8 Å². The van der Waals surface area contributed by atoms with E-state index >= 15 is 0 Å². The van der Waals surface area contributed by atoms with Gasteiger partial charge in [-0.15, -0.1) is 0 Å². The first-order chi connectivity index (χ1) is 12.5. The Morgan fingerprint density at radius 2 is 2.35 bits per heavy atom. The molecule has 2 unspecified atom stereocenters. The topological polar surface area (TPSA) is 88.8 Å². The minimum atomic E-state index is -2.86. The minimum Gasteiger partial charge on any atom is -0.370 e. The summed E-state index contributed by atoms with van der Waals surface area (Å²) >= 11 is 0. The number of sulfone groups is 1. The third-order valence-electron chi connectivity index (χ3n) is 4.82. The second-order valence-corrected chi connectivity index (χ2v) is 9.34. The molecular weight excluding hydrogens is 354 g/mol. The molecular formula is C17H29N5O3S. The highest BCUT2D eigenvalue weighted by atomic mass is 32.2. The van der Waals surface area contributed by atoms with E-state index < -0.39 is 9.84 Å². The molecule has 1 aromatic rings. The number of guanidine groups is 1. The van der Waals surface area contributed by atoms with Gasteiger partial charge in [-0.3, -0.25) is 9.67 Å². The maximum absolute atomic E-state index is 11.7. The van der Waals surface area contributed by atoms with Gasteiger partial charge < -0.3 is 15.0 Å². The summed E-state index contributed by atoms with van der Waals surface area (Å²) in [6, 6.07) is 0. The number of hydrogen-bond acceptors (Lipinski definition) is 5. The Labute approximate surface area is 155 Å². The first kappa shape index (κ1) is 19.2. The zero-order valence-electron chi connectivity index (χ0n) is 15.6. The van der Waals surface area contributed by atoms with E-state index in [1.165, 1.54) is 0 Å². The van der Waals surface area contributed by atoms with E-state index in [1.54, 1.807) is 4.68 Å². The summed E-state index contributed by atoms with van der Waals surface area (Å²) in [6.45, 7) is 5.63. The molecule has 2 atom stereocenters. The van der Waals surface area contributed by atoms with Crippen LogP contribution >= 0.6 is 0 Å². The van der Waals surface area contributed by atoms with Crippen molar-refractivity contribution < 1.29 is 13.2 Å². The summed E-state index contributed by atoms with van der Waals surface area (Å²) in [5.41, 5.74) is 1.06. The highest BCUT2D eigenvalue weighted by Gasteiger charge is 2.29. The number of aryl methyl sites for hydroxylation is 1. The fourth-order valence-electron chi connectivity index (χ4n) is 3.39. The Morgan fingerprint density at radius 1 is 1.50 bits per heavy atom. The first-order valence-electron chi connectivity index (χ1n) is 9.30.